The number of hydrogen-bond donors (Lipinski definition) is 3. The second-order valence-electron chi connectivity index (χ2n) is 4.74. The number of anilines is 2. The van der Waals surface area contributed by atoms with Gasteiger partial charge in [-0.3, -0.25) is 0 Å². The van der Waals surface area contributed by atoms with Crippen LogP contribution in [0.15, 0.2) is 36.5 Å². The fourth-order valence-corrected chi connectivity index (χ4v) is 2.11. The highest BCUT2D eigenvalue weighted by Gasteiger charge is 2.05. The van der Waals surface area contributed by atoms with E-state index >= 15 is 0 Å². The number of aromatic amines is 1. The molecule has 0 amide bonds. The predicted molar refractivity (Wildman–Crippen MR) is 77.3 cm³/mol. The molecule has 0 fully saturated rings. The summed E-state index contributed by atoms with van der Waals surface area (Å²) in [5.74, 6) is 1.40. The number of tetrazole rings is 1. The van der Waals surface area contributed by atoms with Gasteiger partial charge in [0.05, 0.1) is 0 Å². The second kappa shape index (κ2) is 5.58. The van der Waals surface area contributed by atoms with Gasteiger partial charge in [-0.2, -0.15) is 5.21 Å². The summed E-state index contributed by atoms with van der Waals surface area (Å²) >= 11 is 0. The lowest BCUT2D eigenvalue weighted by atomic mass is 10.1. The second-order valence-corrected chi connectivity index (χ2v) is 4.74. The molecule has 106 valence electrons. The summed E-state index contributed by atoms with van der Waals surface area (Å²) in [4.78, 5) is 4.16. The van der Waals surface area contributed by atoms with Gasteiger partial charge in [-0.25, -0.2) is 4.98 Å². The average Bonchev–Trinajstić information content (AvgIpc) is 2.90. The van der Waals surface area contributed by atoms with Gasteiger partial charge in [-0.05, 0) is 36.2 Å². The first-order chi connectivity index (χ1) is 10.2. The van der Waals surface area contributed by atoms with Gasteiger partial charge in [-0.1, -0.05) is 11.3 Å². The molecule has 0 radical (unpaired) electrons. The molecule has 3 rings (SSSR count). The van der Waals surface area contributed by atoms with E-state index in [1.807, 2.05) is 19.1 Å². The van der Waals surface area contributed by atoms with Gasteiger partial charge in [0.15, 0.2) is 5.82 Å². The highest BCUT2D eigenvalue weighted by Crippen LogP contribution is 2.21. The normalized spacial score (nSPS) is 10.5. The van der Waals surface area contributed by atoms with Gasteiger partial charge in [0, 0.05) is 24.4 Å². The molecule has 0 aliphatic heterocycles. The standard InChI is InChI=1S/C14H14N6O/c1-9-4-10(7-14-17-19-20-18-14)6-11(5-9)16-13-8-12(21)2-3-15-13/h2-6,8H,7H2,1H3,(H2,15,16,21)(H,17,18,19,20). The van der Waals surface area contributed by atoms with Crippen LogP contribution in [0.25, 0.3) is 0 Å². The van der Waals surface area contributed by atoms with Crippen molar-refractivity contribution in [3.8, 4) is 5.75 Å². The van der Waals surface area contributed by atoms with E-state index in [1.54, 1.807) is 12.3 Å². The van der Waals surface area contributed by atoms with Crippen molar-refractivity contribution < 1.29 is 5.11 Å². The van der Waals surface area contributed by atoms with E-state index in [0.717, 1.165) is 16.8 Å². The Bertz CT molecular complexity index is 741. The summed E-state index contributed by atoms with van der Waals surface area (Å²) < 4.78 is 0. The number of pyridine rings is 1. The highest BCUT2D eigenvalue weighted by molar-refractivity contribution is 5.59. The number of nitrogens with zero attached hydrogens (tertiary/aromatic N) is 4. The molecule has 3 aromatic rings. The molecule has 0 unspecified atom stereocenters. The molecule has 7 heteroatoms. The van der Waals surface area contributed by atoms with Gasteiger partial charge >= 0.3 is 0 Å². The number of rotatable bonds is 4. The first-order valence-electron chi connectivity index (χ1n) is 6.44. The Labute approximate surface area is 121 Å². The molecule has 7 nitrogen and oxygen atoms in total. The van der Waals surface area contributed by atoms with E-state index in [-0.39, 0.29) is 5.75 Å². The van der Waals surface area contributed by atoms with Crippen LogP contribution in [0.2, 0.25) is 0 Å². The minimum atomic E-state index is 0.173. The van der Waals surface area contributed by atoms with Crippen LogP contribution in [0, 0.1) is 6.92 Å². The zero-order valence-electron chi connectivity index (χ0n) is 11.4. The molecular formula is C14H14N6O. The Morgan fingerprint density at radius 3 is 2.90 bits per heavy atom. The van der Waals surface area contributed by atoms with Gasteiger partial charge < -0.3 is 10.4 Å². The highest BCUT2D eigenvalue weighted by atomic mass is 16.3. The van der Waals surface area contributed by atoms with Crippen LogP contribution >= 0.6 is 0 Å². The van der Waals surface area contributed by atoms with Crippen molar-refractivity contribution in [1.29, 1.82) is 0 Å². The first-order valence-corrected chi connectivity index (χ1v) is 6.44. The summed E-state index contributed by atoms with van der Waals surface area (Å²) in [5, 5.41) is 26.5. The summed E-state index contributed by atoms with van der Waals surface area (Å²) in [5.41, 5.74) is 3.07. The lowest BCUT2D eigenvalue weighted by Crippen LogP contribution is -1.97. The third-order valence-electron chi connectivity index (χ3n) is 2.90. The van der Waals surface area contributed by atoms with Gasteiger partial charge in [0.1, 0.15) is 11.6 Å². The number of benzene rings is 1. The van der Waals surface area contributed by atoms with Crippen molar-refractivity contribution in [1.82, 2.24) is 25.6 Å². The third-order valence-corrected chi connectivity index (χ3v) is 2.90. The van der Waals surface area contributed by atoms with Crippen molar-refractivity contribution in [2.24, 2.45) is 0 Å². The number of aromatic nitrogens is 5. The van der Waals surface area contributed by atoms with Crippen molar-refractivity contribution in [3.63, 3.8) is 0 Å². The van der Waals surface area contributed by atoms with Crippen LogP contribution < -0.4 is 5.32 Å². The molecule has 0 atom stereocenters. The fourth-order valence-electron chi connectivity index (χ4n) is 2.11. The maximum atomic E-state index is 9.46. The van der Waals surface area contributed by atoms with E-state index in [4.69, 9.17) is 0 Å². The smallest absolute Gasteiger partial charge is 0.178 e. The Hall–Kier alpha value is -2.96. The van der Waals surface area contributed by atoms with Crippen molar-refractivity contribution in [2.75, 3.05) is 5.32 Å². The molecular weight excluding hydrogens is 268 g/mol. The summed E-state index contributed by atoms with van der Waals surface area (Å²) in [7, 11) is 0. The zero-order valence-corrected chi connectivity index (χ0v) is 11.4. The molecule has 2 aromatic heterocycles. The first kappa shape index (κ1) is 13.0. The van der Waals surface area contributed by atoms with Gasteiger partial charge in [0.25, 0.3) is 0 Å². The molecule has 1 aromatic carbocycles. The summed E-state index contributed by atoms with van der Waals surface area (Å²) in [6.07, 6.45) is 2.15. The number of aryl methyl sites for hydroxylation is 1. The third kappa shape index (κ3) is 3.33. The number of H-pyrrole nitrogens is 1. The molecule has 0 aliphatic rings. The van der Waals surface area contributed by atoms with Crippen molar-refractivity contribution >= 4 is 11.5 Å². The lowest BCUT2D eigenvalue weighted by Gasteiger charge is -2.09. The maximum absolute atomic E-state index is 9.46. The Kier molecular flexibility index (Phi) is 3.46. The van der Waals surface area contributed by atoms with Crippen LogP contribution in [0.4, 0.5) is 11.5 Å². The fraction of sp³-hybridized carbons (Fsp3) is 0.143. The summed E-state index contributed by atoms with van der Waals surface area (Å²) in [6, 6.07) is 9.17. The Morgan fingerprint density at radius 2 is 2.14 bits per heavy atom. The van der Waals surface area contributed by atoms with Crippen LogP contribution in [0.3, 0.4) is 0 Å². The molecule has 0 bridgehead atoms. The van der Waals surface area contributed by atoms with Gasteiger partial charge in [-0.15, -0.1) is 10.2 Å². The van der Waals surface area contributed by atoms with E-state index in [0.29, 0.717) is 18.1 Å². The molecule has 0 spiro atoms. The minimum Gasteiger partial charge on any atom is -0.508 e. The van der Waals surface area contributed by atoms with Crippen molar-refractivity contribution in [3.05, 3.63) is 53.5 Å². The molecule has 21 heavy (non-hydrogen) atoms. The maximum Gasteiger partial charge on any atom is 0.178 e. The van der Waals surface area contributed by atoms with E-state index < -0.39 is 0 Å². The minimum absolute atomic E-state index is 0.173. The van der Waals surface area contributed by atoms with Crippen LogP contribution in [0.5, 0.6) is 5.75 Å². The molecule has 2 heterocycles. The molecule has 0 saturated heterocycles. The largest absolute Gasteiger partial charge is 0.508 e. The molecule has 0 aliphatic carbocycles. The van der Waals surface area contributed by atoms with Crippen molar-refractivity contribution in [2.45, 2.75) is 13.3 Å². The molecule has 0 saturated carbocycles. The van der Waals surface area contributed by atoms with Gasteiger partial charge in [0.2, 0.25) is 0 Å². The van der Waals surface area contributed by atoms with E-state index in [1.165, 1.54) is 6.07 Å². The van der Waals surface area contributed by atoms with E-state index in [2.05, 4.69) is 37.0 Å². The quantitative estimate of drug-likeness (QED) is 0.676. The lowest BCUT2D eigenvalue weighted by molar-refractivity contribution is 0.475. The number of nitrogens with one attached hydrogen (secondary N) is 2. The monoisotopic (exact) mass is 282 g/mol. The Morgan fingerprint density at radius 1 is 1.24 bits per heavy atom. The number of hydrogen-bond acceptors (Lipinski definition) is 6. The number of aromatic hydroxyl groups is 1. The molecule has 3 N–H and O–H groups in total. The van der Waals surface area contributed by atoms with E-state index in [9.17, 15) is 5.11 Å². The van der Waals surface area contributed by atoms with Crippen LogP contribution in [0.1, 0.15) is 17.0 Å². The van der Waals surface area contributed by atoms with Crippen LogP contribution in [-0.4, -0.2) is 30.7 Å². The Balaban J connectivity index is 1.84. The SMILES string of the molecule is Cc1cc(Cc2nn[nH]n2)cc(Nc2cc(O)ccn2)c1. The zero-order chi connectivity index (χ0) is 14.7. The topological polar surface area (TPSA) is 99.6 Å². The predicted octanol–water partition coefficient (Wildman–Crippen LogP) is 1.94. The van der Waals surface area contributed by atoms with Crippen LogP contribution in [-0.2, 0) is 6.42 Å². The average molecular weight is 282 g/mol. The summed E-state index contributed by atoms with van der Waals surface area (Å²) in [6.45, 7) is 2.01.